The van der Waals surface area contributed by atoms with Gasteiger partial charge in [-0.15, -0.1) is 11.3 Å². The Labute approximate surface area is 119 Å². The first-order valence-corrected chi connectivity index (χ1v) is 7.84. The summed E-state index contributed by atoms with van der Waals surface area (Å²) in [4.78, 5) is 19.2. The number of hydrogen-bond acceptors (Lipinski definition) is 5. The summed E-state index contributed by atoms with van der Waals surface area (Å²) < 4.78 is 2.09. The molecule has 0 aliphatic rings. The maximum atomic E-state index is 10.6. The van der Waals surface area contributed by atoms with E-state index in [1.54, 1.807) is 17.5 Å². The molecule has 0 radical (unpaired) electrons. The van der Waals surface area contributed by atoms with Gasteiger partial charge in [-0.05, 0) is 6.42 Å². The van der Waals surface area contributed by atoms with Gasteiger partial charge in [0, 0.05) is 36.4 Å². The van der Waals surface area contributed by atoms with E-state index in [0.717, 1.165) is 35.2 Å². The smallest absolute Gasteiger partial charge is 0.313 e. The number of nitrogens with zero attached hydrogens (tertiary/aromatic N) is 3. The van der Waals surface area contributed by atoms with Crippen LogP contribution in [0.5, 0.6) is 0 Å². The van der Waals surface area contributed by atoms with Crippen molar-refractivity contribution in [2.75, 3.05) is 5.75 Å². The van der Waals surface area contributed by atoms with Crippen molar-refractivity contribution in [3.63, 3.8) is 0 Å². The van der Waals surface area contributed by atoms with E-state index in [9.17, 15) is 4.79 Å². The predicted octanol–water partition coefficient (Wildman–Crippen LogP) is 2.32. The highest BCUT2D eigenvalue weighted by atomic mass is 32.2. The van der Waals surface area contributed by atoms with Crippen LogP contribution in [0.15, 0.2) is 22.9 Å². The lowest BCUT2D eigenvalue weighted by molar-refractivity contribution is -0.133. The van der Waals surface area contributed by atoms with Crippen LogP contribution in [0.3, 0.4) is 0 Å². The zero-order chi connectivity index (χ0) is 13.7. The third-order valence-electron chi connectivity index (χ3n) is 2.62. The van der Waals surface area contributed by atoms with Crippen LogP contribution in [0, 0.1) is 0 Å². The number of hydrogen-bond donors (Lipinski definition) is 1. The number of aliphatic carboxylic acids is 1. The van der Waals surface area contributed by atoms with Crippen molar-refractivity contribution in [3.8, 4) is 0 Å². The number of aromatic nitrogens is 3. The van der Waals surface area contributed by atoms with Gasteiger partial charge in [0.15, 0.2) is 5.16 Å². The van der Waals surface area contributed by atoms with Gasteiger partial charge in [-0.25, -0.2) is 9.97 Å². The van der Waals surface area contributed by atoms with Crippen LogP contribution in [-0.2, 0) is 24.2 Å². The van der Waals surface area contributed by atoms with Crippen LogP contribution >= 0.6 is 23.1 Å². The van der Waals surface area contributed by atoms with Crippen LogP contribution in [0.2, 0.25) is 0 Å². The average molecular weight is 297 g/mol. The molecule has 0 aliphatic carbocycles. The highest BCUT2D eigenvalue weighted by molar-refractivity contribution is 7.99. The fourth-order valence-corrected chi connectivity index (χ4v) is 3.09. The molecule has 0 bridgehead atoms. The second-order valence-electron chi connectivity index (χ2n) is 3.90. The first-order chi connectivity index (χ1) is 9.20. The average Bonchev–Trinajstić information content (AvgIpc) is 3.02. The second kappa shape index (κ2) is 6.72. The number of thiazole rings is 1. The van der Waals surface area contributed by atoms with E-state index in [4.69, 9.17) is 5.11 Å². The van der Waals surface area contributed by atoms with E-state index in [2.05, 4.69) is 21.5 Å². The first kappa shape index (κ1) is 14.1. The van der Waals surface area contributed by atoms with Crippen LogP contribution in [0.25, 0.3) is 0 Å². The van der Waals surface area contributed by atoms with Gasteiger partial charge in [0.2, 0.25) is 0 Å². The summed E-state index contributed by atoms with van der Waals surface area (Å²) >= 11 is 2.90. The van der Waals surface area contributed by atoms with E-state index < -0.39 is 5.97 Å². The summed E-state index contributed by atoms with van der Waals surface area (Å²) in [7, 11) is 0. The Balaban J connectivity index is 2.07. The van der Waals surface area contributed by atoms with Crippen molar-refractivity contribution in [3.05, 3.63) is 28.5 Å². The zero-order valence-electron chi connectivity index (χ0n) is 10.6. The first-order valence-electron chi connectivity index (χ1n) is 5.98. The third kappa shape index (κ3) is 3.81. The Kier molecular flexibility index (Phi) is 4.98. The summed E-state index contributed by atoms with van der Waals surface area (Å²) in [6, 6.07) is 0. The van der Waals surface area contributed by atoms with Gasteiger partial charge >= 0.3 is 5.97 Å². The van der Waals surface area contributed by atoms with Gasteiger partial charge in [-0.3, -0.25) is 4.79 Å². The number of aryl methyl sites for hydroxylation is 2. The Morgan fingerprint density at radius 2 is 2.37 bits per heavy atom. The van der Waals surface area contributed by atoms with Crippen molar-refractivity contribution in [1.82, 2.24) is 14.5 Å². The van der Waals surface area contributed by atoms with Crippen LogP contribution in [0.4, 0.5) is 0 Å². The molecule has 5 nitrogen and oxygen atoms in total. The molecule has 0 fully saturated rings. The van der Waals surface area contributed by atoms with Gasteiger partial charge < -0.3 is 9.67 Å². The molecule has 19 heavy (non-hydrogen) atoms. The zero-order valence-corrected chi connectivity index (χ0v) is 12.2. The molecule has 7 heteroatoms. The second-order valence-corrected chi connectivity index (χ2v) is 5.82. The van der Waals surface area contributed by atoms with Crippen molar-refractivity contribution >= 4 is 29.1 Å². The van der Waals surface area contributed by atoms with E-state index in [1.165, 1.54) is 11.8 Å². The molecule has 0 saturated carbocycles. The molecule has 102 valence electrons. The van der Waals surface area contributed by atoms with E-state index in [1.807, 2.05) is 11.6 Å². The molecule has 2 rings (SSSR count). The molecule has 2 aromatic heterocycles. The fraction of sp³-hybridized carbons (Fsp3) is 0.417. The summed E-state index contributed by atoms with van der Waals surface area (Å²) in [6.45, 7) is 2.86. The molecule has 0 aromatic carbocycles. The number of carboxylic acid groups (broad SMARTS) is 1. The Morgan fingerprint density at radius 1 is 1.53 bits per heavy atom. The highest BCUT2D eigenvalue weighted by Gasteiger charge is 2.11. The van der Waals surface area contributed by atoms with Gasteiger partial charge in [0.1, 0.15) is 0 Å². The SMILES string of the molecule is CCc1cnc(SCC(=O)O)n1CCc1nccs1. The minimum Gasteiger partial charge on any atom is -0.481 e. The molecular weight excluding hydrogens is 282 g/mol. The van der Waals surface area contributed by atoms with Crippen LogP contribution < -0.4 is 0 Å². The number of carbonyl (C=O) groups is 1. The Bertz CT molecular complexity index is 537. The molecule has 2 aromatic rings. The summed E-state index contributed by atoms with van der Waals surface area (Å²) in [5.41, 5.74) is 1.13. The van der Waals surface area contributed by atoms with Gasteiger partial charge in [-0.1, -0.05) is 18.7 Å². The van der Waals surface area contributed by atoms with Crippen molar-refractivity contribution in [1.29, 1.82) is 0 Å². The predicted molar refractivity (Wildman–Crippen MR) is 75.8 cm³/mol. The lowest BCUT2D eigenvalue weighted by Crippen LogP contribution is -2.08. The largest absolute Gasteiger partial charge is 0.481 e. The number of imidazole rings is 1. The lowest BCUT2D eigenvalue weighted by Gasteiger charge is -2.09. The topological polar surface area (TPSA) is 68.0 Å². The molecule has 1 N–H and O–H groups in total. The van der Waals surface area contributed by atoms with Gasteiger partial charge in [0.05, 0.1) is 10.8 Å². The summed E-state index contributed by atoms with van der Waals surface area (Å²) in [5, 5.41) is 12.6. The molecular formula is C12H15N3O2S2. The molecule has 0 unspecified atom stereocenters. The molecule has 0 aliphatic heterocycles. The summed E-state index contributed by atoms with van der Waals surface area (Å²) in [5.74, 6) is -0.783. The molecule has 2 heterocycles. The minimum atomic E-state index is -0.822. The number of carboxylic acids is 1. The van der Waals surface area contributed by atoms with Gasteiger partial charge in [0.25, 0.3) is 0 Å². The third-order valence-corrected chi connectivity index (χ3v) is 4.44. The van der Waals surface area contributed by atoms with Crippen molar-refractivity contribution < 1.29 is 9.90 Å². The summed E-state index contributed by atoms with van der Waals surface area (Å²) in [6.07, 6.45) is 5.36. The maximum Gasteiger partial charge on any atom is 0.313 e. The van der Waals surface area contributed by atoms with E-state index in [-0.39, 0.29) is 5.75 Å². The van der Waals surface area contributed by atoms with Crippen molar-refractivity contribution in [2.45, 2.75) is 31.5 Å². The van der Waals surface area contributed by atoms with E-state index >= 15 is 0 Å². The maximum absolute atomic E-state index is 10.6. The number of thioether (sulfide) groups is 1. The normalized spacial score (nSPS) is 10.8. The Hall–Kier alpha value is -1.34. The molecule has 0 saturated heterocycles. The van der Waals surface area contributed by atoms with Gasteiger partial charge in [-0.2, -0.15) is 0 Å². The monoisotopic (exact) mass is 297 g/mol. The molecule has 0 amide bonds. The standard InChI is InChI=1S/C12H15N3O2S2/c1-2-9-7-14-12(19-8-11(16)17)15(9)5-3-10-13-4-6-18-10/h4,6-7H,2-3,5,8H2,1H3,(H,16,17). The Morgan fingerprint density at radius 3 is 3.00 bits per heavy atom. The lowest BCUT2D eigenvalue weighted by atomic mass is 10.3. The highest BCUT2D eigenvalue weighted by Crippen LogP contribution is 2.20. The molecule has 0 spiro atoms. The van der Waals surface area contributed by atoms with Crippen molar-refractivity contribution in [2.24, 2.45) is 0 Å². The fourth-order valence-electron chi connectivity index (χ4n) is 1.74. The minimum absolute atomic E-state index is 0.0391. The number of rotatable bonds is 7. The van der Waals surface area contributed by atoms with Crippen LogP contribution in [0.1, 0.15) is 17.6 Å². The molecule has 0 atom stereocenters. The van der Waals surface area contributed by atoms with Crippen LogP contribution in [-0.4, -0.2) is 31.4 Å². The quantitative estimate of drug-likeness (QED) is 0.794. The van der Waals surface area contributed by atoms with E-state index in [0.29, 0.717) is 0 Å².